The Morgan fingerprint density at radius 1 is 1.10 bits per heavy atom. The zero-order chi connectivity index (χ0) is 20.7. The molecule has 150 valence electrons. The first-order valence-corrected chi connectivity index (χ1v) is 9.80. The molecule has 0 saturated carbocycles. The van der Waals surface area contributed by atoms with Gasteiger partial charge in [0.05, 0.1) is 18.7 Å². The molecule has 1 aliphatic heterocycles. The van der Waals surface area contributed by atoms with Crippen LogP contribution in [-0.4, -0.2) is 31.7 Å². The van der Waals surface area contributed by atoms with Crippen LogP contribution in [0.2, 0.25) is 0 Å². The number of fused-ring (bicyclic) bond motifs is 3. The van der Waals surface area contributed by atoms with Gasteiger partial charge in [0.15, 0.2) is 0 Å². The number of benzene rings is 2. The highest BCUT2D eigenvalue weighted by Gasteiger charge is 2.25. The van der Waals surface area contributed by atoms with Gasteiger partial charge in [0.25, 0.3) is 0 Å². The van der Waals surface area contributed by atoms with Gasteiger partial charge >= 0.3 is 5.69 Å². The van der Waals surface area contributed by atoms with E-state index in [-0.39, 0.29) is 11.6 Å². The quantitative estimate of drug-likeness (QED) is 0.573. The van der Waals surface area contributed by atoms with Gasteiger partial charge in [-0.05, 0) is 17.7 Å². The van der Waals surface area contributed by atoms with Crippen LogP contribution in [0.1, 0.15) is 16.8 Å². The summed E-state index contributed by atoms with van der Waals surface area (Å²) >= 11 is 0. The van der Waals surface area contributed by atoms with E-state index in [2.05, 4.69) is 9.97 Å². The molecule has 30 heavy (non-hydrogen) atoms. The molecular weight excluding hydrogens is 383 g/mol. The summed E-state index contributed by atoms with van der Waals surface area (Å²) in [6, 6.07) is 15.9. The Balaban J connectivity index is 1.51. The zero-order valence-electron chi connectivity index (χ0n) is 16.1. The lowest BCUT2D eigenvalue weighted by molar-refractivity contribution is -0.131. The second-order valence-corrected chi connectivity index (χ2v) is 7.41. The molecule has 3 heterocycles. The fourth-order valence-corrected chi connectivity index (χ4v) is 3.94. The van der Waals surface area contributed by atoms with Crippen molar-refractivity contribution in [3.8, 4) is 11.3 Å². The SMILES string of the molecule is O=C(Cc1ccccc1)N1CCc2[nH]c(=O)n3cc(-c4ccccc4F)nc3c2C1. The maximum Gasteiger partial charge on any atom is 0.331 e. The van der Waals surface area contributed by atoms with Crippen LogP contribution in [0, 0.1) is 5.82 Å². The molecule has 0 spiro atoms. The standard InChI is InChI=1S/C23H19FN4O2/c24-18-9-5-4-8-16(18)20-14-28-22(25-20)17-13-27(11-10-19(17)26-23(28)30)21(29)12-15-6-2-1-3-7-15/h1-9,14H,10-13H2,(H,26,30). The third-order valence-corrected chi connectivity index (χ3v) is 5.50. The van der Waals surface area contributed by atoms with Crippen molar-refractivity contribution in [3.63, 3.8) is 0 Å². The molecule has 0 unspecified atom stereocenters. The Bertz CT molecular complexity index is 1310. The number of carbonyl (C=O) groups is 1. The first kappa shape index (κ1) is 18.3. The Kier molecular flexibility index (Phi) is 4.43. The molecule has 0 saturated heterocycles. The topological polar surface area (TPSA) is 70.5 Å². The number of hydrogen-bond donors (Lipinski definition) is 1. The zero-order valence-corrected chi connectivity index (χ0v) is 16.1. The smallest absolute Gasteiger partial charge is 0.331 e. The highest BCUT2D eigenvalue weighted by Crippen LogP contribution is 2.26. The Hall–Kier alpha value is -3.74. The van der Waals surface area contributed by atoms with Gasteiger partial charge in [-0.15, -0.1) is 0 Å². The summed E-state index contributed by atoms with van der Waals surface area (Å²) in [5, 5.41) is 0. The lowest BCUT2D eigenvalue weighted by Gasteiger charge is -2.28. The third-order valence-electron chi connectivity index (χ3n) is 5.50. The van der Waals surface area contributed by atoms with E-state index >= 15 is 0 Å². The Morgan fingerprint density at radius 2 is 1.87 bits per heavy atom. The lowest BCUT2D eigenvalue weighted by atomic mass is 10.1. The van der Waals surface area contributed by atoms with E-state index in [1.807, 2.05) is 30.3 Å². The van der Waals surface area contributed by atoms with Crippen molar-refractivity contribution in [2.75, 3.05) is 6.54 Å². The molecule has 0 atom stereocenters. The number of halogens is 1. The predicted molar refractivity (Wildman–Crippen MR) is 110 cm³/mol. The van der Waals surface area contributed by atoms with Crippen LogP contribution in [0.25, 0.3) is 16.9 Å². The molecule has 0 aliphatic carbocycles. The number of nitrogens with one attached hydrogen (secondary N) is 1. The van der Waals surface area contributed by atoms with Gasteiger partial charge < -0.3 is 9.88 Å². The monoisotopic (exact) mass is 402 g/mol. The predicted octanol–water partition coefficient (Wildman–Crippen LogP) is 2.96. The highest BCUT2D eigenvalue weighted by molar-refractivity contribution is 5.79. The molecule has 1 aliphatic rings. The van der Waals surface area contributed by atoms with Crippen molar-refractivity contribution in [1.82, 2.24) is 19.3 Å². The fraction of sp³-hybridized carbons (Fsp3) is 0.174. The minimum absolute atomic E-state index is 0.0251. The number of H-pyrrole nitrogens is 1. The van der Waals surface area contributed by atoms with Crippen molar-refractivity contribution in [2.45, 2.75) is 19.4 Å². The molecule has 5 rings (SSSR count). The van der Waals surface area contributed by atoms with Crippen molar-refractivity contribution in [3.05, 3.63) is 93.9 Å². The number of aromatic amines is 1. The number of hydrogen-bond acceptors (Lipinski definition) is 3. The molecule has 4 aromatic rings. The third kappa shape index (κ3) is 3.18. The van der Waals surface area contributed by atoms with E-state index in [0.717, 1.165) is 16.8 Å². The van der Waals surface area contributed by atoms with E-state index in [9.17, 15) is 14.0 Å². The fourth-order valence-electron chi connectivity index (χ4n) is 3.94. The maximum atomic E-state index is 14.2. The molecule has 6 nitrogen and oxygen atoms in total. The van der Waals surface area contributed by atoms with Gasteiger partial charge in [-0.1, -0.05) is 42.5 Å². The van der Waals surface area contributed by atoms with Gasteiger partial charge in [-0.25, -0.2) is 14.2 Å². The lowest BCUT2D eigenvalue weighted by Crippen LogP contribution is -2.39. The van der Waals surface area contributed by atoms with Gasteiger partial charge in [0.1, 0.15) is 11.5 Å². The molecular formula is C23H19FN4O2. The average molecular weight is 402 g/mol. The number of imidazole rings is 1. The molecule has 1 amide bonds. The van der Waals surface area contributed by atoms with Gasteiger partial charge in [0.2, 0.25) is 5.91 Å². The second kappa shape index (κ2) is 7.26. The first-order valence-electron chi connectivity index (χ1n) is 9.80. The summed E-state index contributed by atoms with van der Waals surface area (Å²) < 4.78 is 15.6. The van der Waals surface area contributed by atoms with Gasteiger partial charge in [-0.2, -0.15) is 0 Å². The first-order chi connectivity index (χ1) is 14.6. The second-order valence-electron chi connectivity index (χ2n) is 7.41. The molecule has 0 fully saturated rings. The summed E-state index contributed by atoms with van der Waals surface area (Å²) in [4.78, 5) is 34.6. The molecule has 7 heteroatoms. The van der Waals surface area contributed by atoms with Crippen LogP contribution in [0.3, 0.4) is 0 Å². The average Bonchev–Trinajstić information content (AvgIpc) is 3.21. The largest absolute Gasteiger partial charge is 0.337 e. The number of rotatable bonds is 3. The molecule has 2 aromatic heterocycles. The summed E-state index contributed by atoms with van der Waals surface area (Å²) in [6.45, 7) is 0.890. The maximum absolute atomic E-state index is 14.2. The Morgan fingerprint density at radius 3 is 2.67 bits per heavy atom. The summed E-state index contributed by atoms with van der Waals surface area (Å²) in [5.41, 5.74) is 3.41. The van der Waals surface area contributed by atoms with E-state index < -0.39 is 5.82 Å². The van der Waals surface area contributed by atoms with Crippen molar-refractivity contribution < 1.29 is 9.18 Å². The van der Waals surface area contributed by atoms with Crippen LogP contribution in [-0.2, 0) is 24.2 Å². The normalized spacial score (nSPS) is 13.4. The minimum Gasteiger partial charge on any atom is -0.337 e. The van der Waals surface area contributed by atoms with E-state index in [4.69, 9.17) is 0 Å². The number of aromatic nitrogens is 3. The minimum atomic E-state index is -0.397. The number of amides is 1. The van der Waals surface area contributed by atoms with Gasteiger partial charge in [-0.3, -0.25) is 9.20 Å². The summed E-state index contributed by atoms with van der Waals surface area (Å²) in [6.07, 6.45) is 2.41. The molecule has 1 N–H and O–H groups in total. The van der Waals surface area contributed by atoms with E-state index in [0.29, 0.717) is 42.8 Å². The van der Waals surface area contributed by atoms with Gasteiger partial charge in [0, 0.05) is 36.0 Å². The van der Waals surface area contributed by atoms with Crippen molar-refractivity contribution in [1.29, 1.82) is 0 Å². The summed E-state index contributed by atoms with van der Waals surface area (Å²) in [7, 11) is 0. The van der Waals surface area contributed by atoms with E-state index in [1.54, 1.807) is 23.1 Å². The Labute approximate surface area is 171 Å². The van der Waals surface area contributed by atoms with Crippen LogP contribution in [0.5, 0.6) is 0 Å². The highest BCUT2D eigenvalue weighted by atomic mass is 19.1. The van der Waals surface area contributed by atoms with E-state index in [1.165, 1.54) is 16.7 Å². The summed E-state index contributed by atoms with van der Waals surface area (Å²) in [5.74, 6) is -0.372. The van der Waals surface area contributed by atoms with Crippen LogP contribution in [0.15, 0.2) is 65.6 Å². The van der Waals surface area contributed by atoms with Crippen LogP contribution >= 0.6 is 0 Å². The molecule has 0 radical (unpaired) electrons. The number of nitrogens with zero attached hydrogens (tertiary/aromatic N) is 3. The van der Waals surface area contributed by atoms with Crippen LogP contribution in [0.4, 0.5) is 4.39 Å². The van der Waals surface area contributed by atoms with Crippen molar-refractivity contribution in [2.24, 2.45) is 0 Å². The molecule has 2 aromatic carbocycles. The van der Waals surface area contributed by atoms with Crippen molar-refractivity contribution >= 4 is 11.6 Å². The van der Waals surface area contributed by atoms with Crippen LogP contribution < -0.4 is 5.69 Å². The molecule has 0 bridgehead atoms. The number of carbonyl (C=O) groups excluding carboxylic acids is 1.